The maximum Gasteiger partial charge on any atom is 0.160 e. The maximum absolute atomic E-state index is 9.43. The Labute approximate surface area is 83.3 Å². The minimum atomic E-state index is -1.03. The average molecular weight is 206 g/mol. The molecule has 1 rings (SSSR count). The highest BCUT2D eigenvalue weighted by molar-refractivity contribution is 4.82. The predicted octanol–water partition coefficient (Wildman–Crippen LogP) is -0.758. The predicted molar refractivity (Wildman–Crippen MR) is 48.6 cm³/mol. The number of aliphatic hydroxyl groups is 3. The fourth-order valence-corrected chi connectivity index (χ4v) is 1.42. The van der Waals surface area contributed by atoms with Crippen molar-refractivity contribution in [3.8, 4) is 0 Å². The first-order chi connectivity index (χ1) is 6.69. The van der Waals surface area contributed by atoms with Crippen molar-refractivity contribution in [2.24, 2.45) is 0 Å². The summed E-state index contributed by atoms with van der Waals surface area (Å²) in [6, 6.07) is 0. The van der Waals surface area contributed by atoms with Gasteiger partial charge in [0.2, 0.25) is 0 Å². The van der Waals surface area contributed by atoms with Gasteiger partial charge in [0, 0.05) is 13.0 Å². The molecule has 14 heavy (non-hydrogen) atoms. The standard InChI is InChI=1S/C9H18O5/c1-2-3-13-8-4-6(11)9(12)7(5-10)14-8/h6-12H,2-5H2,1H3. The van der Waals surface area contributed by atoms with Crippen molar-refractivity contribution in [2.45, 2.75) is 44.4 Å². The number of hydrogen-bond donors (Lipinski definition) is 3. The van der Waals surface area contributed by atoms with Crippen LogP contribution in [-0.4, -0.2) is 53.1 Å². The van der Waals surface area contributed by atoms with Crippen molar-refractivity contribution < 1.29 is 24.8 Å². The Hall–Kier alpha value is -0.200. The monoisotopic (exact) mass is 206 g/mol. The van der Waals surface area contributed by atoms with Crippen LogP contribution in [0.2, 0.25) is 0 Å². The van der Waals surface area contributed by atoms with Crippen LogP contribution < -0.4 is 0 Å². The molecule has 3 N–H and O–H groups in total. The van der Waals surface area contributed by atoms with Gasteiger partial charge >= 0.3 is 0 Å². The Kier molecular flexibility index (Phi) is 4.77. The maximum atomic E-state index is 9.43. The van der Waals surface area contributed by atoms with E-state index in [1.54, 1.807) is 0 Å². The SMILES string of the molecule is CCCOC1CC(O)C(O)C(CO)O1. The van der Waals surface area contributed by atoms with E-state index >= 15 is 0 Å². The summed E-state index contributed by atoms with van der Waals surface area (Å²) in [5.74, 6) is 0. The third kappa shape index (κ3) is 2.90. The lowest BCUT2D eigenvalue weighted by Gasteiger charge is -2.35. The summed E-state index contributed by atoms with van der Waals surface area (Å²) in [7, 11) is 0. The van der Waals surface area contributed by atoms with E-state index < -0.39 is 24.6 Å². The first-order valence-corrected chi connectivity index (χ1v) is 4.93. The van der Waals surface area contributed by atoms with Gasteiger partial charge in [-0.1, -0.05) is 6.92 Å². The molecular formula is C9H18O5. The zero-order valence-corrected chi connectivity index (χ0v) is 8.30. The molecule has 1 aliphatic heterocycles. The fraction of sp³-hybridized carbons (Fsp3) is 1.00. The normalized spacial score (nSPS) is 38.6. The molecule has 0 amide bonds. The van der Waals surface area contributed by atoms with Gasteiger partial charge in [-0.3, -0.25) is 0 Å². The molecule has 1 aliphatic rings. The summed E-state index contributed by atoms with van der Waals surface area (Å²) in [5.41, 5.74) is 0. The Morgan fingerprint density at radius 2 is 2.14 bits per heavy atom. The molecule has 0 aromatic rings. The Balaban J connectivity index is 2.41. The Morgan fingerprint density at radius 3 is 2.71 bits per heavy atom. The van der Waals surface area contributed by atoms with E-state index in [1.165, 1.54) is 0 Å². The Bertz CT molecular complexity index is 163. The first-order valence-electron chi connectivity index (χ1n) is 4.93. The molecule has 5 heteroatoms. The summed E-state index contributed by atoms with van der Waals surface area (Å²) in [4.78, 5) is 0. The van der Waals surface area contributed by atoms with Crippen molar-refractivity contribution in [2.75, 3.05) is 13.2 Å². The van der Waals surface area contributed by atoms with Gasteiger partial charge < -0.3 is 24.8 Å². The summed E-state index contributed by atoms with van der Waals surface area (Å²) in [5, 5.41) is 27.7. The molecule has 4 unspecified atom stereocenters. The van der Waals surface area contributed by atoms with Gasteiger partial charge in [0.1, 0.15) is 12.2 Å². The van der Waals surface area contributed by atoms with Crippen LogP contribution in [0.3, 0.4) is 0 Å². The van der Waals surface area contributed by atoms with E-state index in [0.29, 0.717) is 6.61 Å². The van der Waals surface area contributed by atoms with Crippen LogP contribution in [0, 0.1) is 0 Å². The highest BCUT2D eigenvalue weighted by atomic mass is 16.7. The number of rotatable bonds is 4. The van der Waals surface area contributed by atoms with Crippen molar-refractivity contribution in [3.05, 3.63) is 0 Å². The van der Waals surface area contributed by atoms with Crippen LogP contribution in [0.15, 0.2) is 0 Å². The summed E-state index contributed by atoms with van der Waals surface area (Å²) in [6.07, 6.45) is -2.07. The van der Waals surface area contributed by atoms with Gasteiger partial charge in [-0.25, -0.2) is 0 Å². The third-order valence-electron chi connectivity index (χ3n) is 2.22. The molecule has 1 heterocycles. The minimum Gasteiger partial charge on any atom is -0.394 e. The highest BCUT2D eigenvalue weighted by Crippen LogP contribution is 2.20. The van der Waals surface area contributed by atoms with Crippen LogP contribution in [0.5, 0.6) is 0 Å². The van der Waals surface area contributed by atoms with Crippen molar-refractivity contribution in [3.63, 3.8) is 0 Å². The summed E-state index contributed by atoms with van der Waals surface area (Å²) in [6.45, 7) is 2.20. The van der Waals surface area contributed by atoms with Crippen LogP contribution >= 0.6 is 0 Å². The second-order valence-electron chi connectivity index (χ2n) is 3.45. The second kappa shape index (κ2) is 5.63. The van der Waals surface area contributed by atoms with Gasteiger partial charge in [-0.2, -0.15) is 0 Å². The molecule has 0 aliphatic carbocycles. The van der Waals surface area contributed by atoms with Gasteiger partial charge in [0.05, 0.1) is 12.7 Å². The van der Waals surface area contributed by atoms with Gasteiger partial charge in [-0.05, 0) is 6.42 Å². The van der Waals surface area contributed by atoms with E-state index in [-0.39, 0.29) is 13.0 Å². The molecular weight excluding hydrogens is 188 g/mol. The topological polar surface area (TPSA) is 79.2 Å². The molecule has 5 nitrogen and oxygen atoms in total. The number of aliphatic hydroxyl groups excluding tert-OH is 3. The lowest BCUT2D eigenvalue weighted by molar-refractivity contribution is -0.256. The highest BCUT2D eigenvalue weighted by Gasteiger charge is 2.36. The number of hydrogen-bond acceptors (Lipinski definition) is 5. The van der Waals surface area contributed by atoms with Crippen LogP contribution in [-0.2, 0) is 9.47 Å². The molecule has 0 saturated carbocycles. The molecule has 4 atom stereocenters. The third-order valence-corrected chi connectivity index (χ3v) is 2.22. The van der Waals surface area contributed by atoms with Gasteiger partial charge in [0.25, 0.3) is 0 Å². The smallest absolute Gasteiger partial charge is 0.160 e. The molecule has 1 fully saturated rings. The van der Waals surface area contributed by atoms with E-state index in [4.69, 9.17) is 14.6 Å². The van der Waals surface area contributed by atoms with E-state index in [1.807, 2.05) is 6.92 Å². The zero-order chi connectivity index (χ0) is 10.6. The zero-order valence-electron chi connectivity index (χ0n) is 8.30. The molecule has 0 aromatic heterocycles. The fourth-order valence-electron chi connectivity index (χ4n) is 1.42. The Morgan fingerprint density at radius 1 is 1.43 bits per heavy atom. The lowest BCUT2D eigenvalue weighted by atomic mass is 10.0. The first kappa shape index (κ1) is 11.9. The van der Waals surface area contributed by atoms with E-state index in [0.717, 1.165) is 6.42 Å². The quantitative estimate of drug-likeness (QED) is 0.563. The van der Waals surface area contributed by atoms with Crippen molar-refractivity contribution in [1.82, 2.24) is 0 Å². The molecule has 0 aromatic carbocycles. The van der Waals surface area contributed by atoms with E-state index in [2.05, 4.69) is 0 Å². The van der Waals surface area contributed by atoms with Crippen molar-refractivity contribution >= 4 is 0 Å². The second-order valence-corrected chi connectivity index (χ2v) is 3.45. The molecule has 84 valence electrons. The van der Waals surface area contributed by atoms with Crippen LogP contribution in [0.4, 0.5) is 0 Å². The summed E-state index contributed by atoms with van der Waals surface area (Å²) < 4.78 is 10.5. The van der Waals surface area contributed by atoms with E-state index in [9.17, 15) is 10.2 Å². The van der Waals surface area contributed by atoms with Crippen LogP contribution in [0.1, 0.15) is 19.8 Å². The van der Waals surface area contributed by atoms with Crippen molar-refractivity contribution in [1.29, 1.82) is 0 Å². The van der Waals surface area contributed by atoms with Crippen LogP contribution in [0.25, 0.3) is 0 Å². The molecule has 0 radical (unpaired) electrons. The largest absolute Gasteiger partial charge is 0.394 e. The minimum absolute atomic E-state index is 0.248. The van der Waals surface area contributed by atoms with Gasteiger partial charge in [0.15, 0.2) is 6.29 Å². The molecule has 0 spiro atoms. The number of ether oxygens (including phenoxy) is 2. The molecule has 0 bridgehead atoms. The van der Waals surface area contributed by atoms with Gasteiger partial charge in [-0.15, -0.1) is 0 Å². The molecule has 1 saturated heterocycles. The lowest BCUT2D eigenvalue weighted by Crippen LogP contribution is -2.50. The average Bonchev–Trinajstić information content (AvgIpc) is 2.19. The summed E-state index contributed by atoms with van der Waals surface area (Å²) >= 11 is 0.